The molecule has 25 heavy (non-hydrogen) atoms. The third kappa shape index (κ3) is 20.6. The molecule has 0 aliphatic rings. The third-order valence-electron chi connectivity index (χ3n) is 4.95. The van der Waals surface area contributed by atoms with Gasteiger partial charge in [-0.3, -0.25) is 0 Å². The van der Waals surface area contributed by atoms with E-state index in [1.54, 1.807) is 7.11 Å². The summed E-state index contributed by atoms with van der Waals surface area (Å²) in [6, 6.07) is 0. The minimum absolute atomic E-state index is 0.195. The van der Waals surface area contributed by atoms with E-state index in [0.717, 1.165) is 11.9 Å². The van der Waals surface area contributed by atoms with Gasteiger partial charge in [0.05, 0.1) is 12.7 Å². The molecule has 0 radical (unpaired) electrons. The molecule has 0 saturated carbocycles. The highest BCUT2D eigenvalue weighted by molar-refractivity contribution is 9.09. The number of hydrogen-bond donors (Lipinski definition) is 0. The molecule has 0 unspecified atom stereocenters. The van der Waals surface area contributed by atoms with Crippen molar-refractivity contribution in [2.75, 3.05) is 25.7 Å². The summed E-state index contributed by atoms with van der Waals surface area (Å²) >= 11 is 3.42. The molecule has 3 heteroatoms. The van der Waals surface area contributed by atoms with Crippen molar-refractivity contribution in [3.05, 3.63) is 0 Å². The average Bonchev–Trinajstić information content (AvgIpc) is 2.64. The average molecular weight is 422 g/mol. The predicted octanol–water partition coefficient (Wildman–Crippen LogP) is 7.67. The Morgan fingerprint density at radius 3 is 1.40 bits per heavy atom. The van der Waals surface area contributed by atoms with Crippen molar-refractivity contribution in [3.63, 3.8) is 0 Å². The van der Waals surface area contributed by atoms with Crippen LogP contribution in [0.1, 0.15) is 110 Å². The number of methoxy groups -OCH3 is 1. The Morgan fingerprint density at radius 1 is 0.640 bits per heavy atom. The summed E-state index contributed by atoms with van der Waals surface area (Å²) in [6.45, 7) is 3.88. The number of rotatable bonds is 21. The van der Waals surface area contributed by atoms with E-state index in [0.29, 0.717) is 6.61 Å². The topological polar surface area (TPSA) is 18.5 Å². The van der Waals surface area contributed by atoms with Crippen molar-refractivity contribution in [2.45, 2.75) is 116 Å². The van der Waals surface area contributed by atoms with Crippen LogP contribution in [0.25, 0.3) is 0 Å². The first kappa shape index (κ1) is 25.4. The highest BCUT2D eigenvalue weighted by Crippen LogP contribution is 2.13. The van der Waals surface area contributed by atoms with Crippen molar-refractivity contribution < 1.29 is 9.47 Å². The number of halogens is 1. The molecule has 1 atom stereocenters. The molecular formula is C22H45BrO2. The van der Waals surface area contributed by atoms with Gasteiger partial charge in [0.15, 0.2) is 0 Å². The molecule has 0 aliphatic heterocycles. The first-order chi connectivity index (χ1) is 12.3. The molecule has 2 nitrogen and oxygen atoms in total. The number of ether oxygens (including phenoxy) is 2. The number of hydrogen-bond acceptors (Lipinski definition) is 2. The van der Waals surface area contributed by atoms with E-state index in [4.69, 9.17) is 9.47 Å². The van der Waals surface area contributed by atoms with Gasteiger partial charge in [-0.1, -0.05) is 119 Å². The highest BCUT2D eigenvalue weighted by atomic mass is 79.9. The first-order valence-corrected chi connectivity index (χ1v) is 12.1. The van der Waals surface area contributed by atoms with Crippen LogP contribution in [0.2, 0.25) is 0 Å². The number of unbranched alkanes of at least 4 members (excludes halogenated alkanes) is 15. The molecular weight excluding hydrogens is 376 g/mol. The maximum absolute atomic E-state index is 5.64. The molecule has 0 bridgehead atoms. The van der Waals surface area contributed by atoms with E-state index < -0.39 is 0 Å². The smallest absolute Gasteiger partial charge is 0.0901 e. The van der Waals surface area contributed by atoms with Crippen molar-refractivity contribution in [3.8, 4) is 0 Å². The summed E-state index contributed by atoms with van der Waals surface area (Å²) in [5, 5.41) is 0.850. The molecule has 152 valence electrons. The monoisotopic (exact) mass is 420 g/mol. The second-order valence-electron chi connectivity index (χ2n) is 7.39. The lowest BCUT2D eigenvalue weighted by Gasteiger charge is -2.12. The Bertz CT molecular complexity index is 232. The summed E-state index contributed by atoms with van der Waals surface area (Å²) in [5.41, 5.74) is 0. The van der Waals surface area contributed by atoms with Crippen molar-refractivity contribution in [1.29, 1.82) is 0 Å². The molecule has 0 heterocycles. The van der Waals surface area contributed by atoms with Crippen LogP contribution in [0, 0.1) is 0 Å². The maximum Gasteiger partial charge on any atom is 0.0901 e. The van der Waals surface area contributed by atoms with Gasteiger partial charge in [-0.05, 0) is 6.42 Å². The van der Waals surface area contributed by atoms with E-state index in [2.05, 4.69) is 22.9 Å². The molecule has 0 aliphatic carbocycles. The lowest BCUT2D eigenvalue weighted by molar-refractivity contribution is 0.0204. The first-order valence-electron chi connectivity index (χ1n) is 11.0. The van der Waals surface area contributed by atoms with Crippen molar-refractivity contribution in [1.82, 2.24) is 0 Å². The van der Waals surface area contributed by atoms with Crippen LogP contribution in [0.5, 0.6) is 0 Å². The second kappa shape index (κ2) is 22.4. The lowest BCUT2D eigenvalue weighted by Crippen LogP contribution is -2.19. The molecule has 0 saturated heterocycles. The van der Waals surface area contributed by atoms with Gasteiger partial charge in [-0.2, -0.15) is 0 Å². The predicted molar refractivity (Wildman–Crippen MR) is 115 cm³/mol. The molecule has 0 aromatic carbocycles. The fraction of sp³-hybridized carbons (Fsp3) is 1.00. The third-order valence-corrected chi connectivity index (χ3v) is 5.67. The zero-order valence-electron chi connectivity index (χ0n) is 17.2. The molecule has 0 spiro atoms. The molecule has 0 amide bonds. The maximum atomic E-state index is 5.64. The fourth-order valence-electron chi connectivity index (χ4n) is 3.14. The van der Waals surface area contributed by atoms with Gasteiger partial charge < -0.3 is 9.47 Å². The molecule has 0 N–H and O–H groups in total. The van der Waals surface area contributed by atoms with Crippen molar-refractivity contribution >= 4 is 15.9 Å². The molecule has 0 rings (SSSR count). The van der Waals surface area contributed by atoms with E-state index in [1.807, 2.05) is 0 Å². The summed E-state index contributed by atoms with van der Waals surface area (Å²) in [4.78, 5) is 0. The lowest BCUT2D eigenvalue weighted by atomic mass is 10.0. The highest BCUT2D eigenvalue weighted by Gasteiger charge is 2.04. The summed E-state index contributed by atoms with van der Waals surface area (Å²) < 4.78 is 10.9. The van der Waals surface area contributed by atoms with Crippen LogP contribution >= 0.6 is 15.9 Å². The zero-order chi connectivity index (χ0) is 18.4. The van der Waals surface area contributed by atoms with Crippen LogP contribution < -0.4 is 0 Å². The van der Waals surface area contributed by atoms with Gasteiger partial charge in [-0.25, -0.2) is 0 Å². The van der Waals surface area contributed by atoms with Gasteiger partial charge >= 0.3 is 0 Å². The summed E-state index contributed by atoms with van der Waals surface area (Å²) in [7, 11) is 1.74. The summed E-state index contributed by atoms with van der Waals surface area (Å²) in [5.74, 6) is 0. The van der Waals surface area contributed by atoms with E-state index in [9.17, 15) is 0 Å². The van der Waals surface area contributed by atoms with Crippen LogP contribution in [0.3, 0.4) is 0 Å². The largest absolute Gasteiger partial charge is 0.379 e. The second-order valence-corrected chi connectivity index (χ2v) is 8.04. The van der Waals surface area contributed by atoms with E-state index >= 15 is 0 Å². The summed E-state index contributed by atoms with van der Waals surface area (Å²) in [6.07, 6.45) is 22.8. The minimum atomic E-state index is 0.195. The van der Waals surface area contributed by atoms with Gasteiger partial charge in [0.1, 0.15) is 0 Å². The van der Waals surface area contributed by atoms with Crippen molar-refractivity contribution in [2.24, 2.45) is 0 Å². The van der Waals surface area contributed by atoms with Gasteiger partial charge in [0.25, 0.3) is 0 Å². The Labute approximate surface area is 166 Å². The fourth-order valence-corrected chi connectivity index (χ4v) is 3.59. The molecule has 0 fully saturated rings. The number of alkyl halides is 1. The molecule has 0 aromatic heterocycles. The van der Waals surface area contributed by atoms with Gasteiger partial charge in [0, 0.05) is 19.0 Å². The SMILES string of the molecule is CCCCCCCCCCCCCCCCCCOC[C@H](CBr)OC. The van der Waals surface area contributed by atoms with E-state index in [1.165, 1.54) is 103 Å². The normalized spacial score (nSPS) is 12.6. The minimum Gasteiger partial charge on any atom is -0.379 e. The Kier molecular flexibility index (Phi) is 22.8. The Balaban J connectivity index is 3.03. The molecule has 0 aromatic rings. The Morgan fingerprint density at radius 2 is 1.04 bits per heavy atom. The van der Waals surface area contributed by atoms with E-state index in [-0.39, 0.29) is 6.10 Å². The Hall–Kier alpha value is 0.400. The van der Waals surface area contributed by atoms with Gasteiger partial charge in [0.2, 0.25) is 0 Å². The zero-order valence-corrected chi connectivity index (χ0v) is 18.8. The standard InChI is InChI=1S/C22H45BrO2/c1-3-4-5-6-7-8-9-10-11-12-13-14-15-16-17-18-19-25-21-22(20-23)24-2/h22H,3-21H2,1-2H3/t22-/m0/s1. The van der Waals surface area contributed by atoms with Crippen LogP contribution in [0.15, 0.2) is 0 Å². The van der Waals surface area contributed by atoms with Crippen LogP contribution in [0.4, 0.5) is 0 Å². The quantitative estimate of drug-likeness (QED) is 0.140. The van der Waals surface area contributed by atoms with Gasteiger partial charge in [-0.15, -0.1) is 0 Å². The van der Waals surface area contributed by atoms with Crippen LogP contribution in [-0.4, -0.2) is 31.8 Å². The van der Waals surface area contributed by atoms with Crippen LogP contribution in [-0.2, 0) is 9.47 Å².